The summed E-state index contributed by atoms with van der Waals surface area (Å²) in [6, 6.07) is 12.4. The summed E-state index contributed by atoms with van der Waals surface area (Å²) in [6.45, 7) is 0. The third kappa shape index (κ3) is 4.48. The van der Waals surface area contributed by atoms with Crippen LogP contribution < -0.4 is 21.3 Å². The van der Waals surface area contributed by atoms with Gasteiger partial charge in [-0.25, -0.2) is 27.3 Å². The number of carbonyl (C=O) groups is 1. The zero-order chi connectivity index (χ0) is 23.0. The molecule has 0 fully saturated rings. The van der Waals surface area contributed by atoms with Crippen LogP contribution in [-0.2, 0) is 10.0 Å². The first-order valence-electron chi connectivity index (χ1n) is 8.78. The van der Waals surface area contributed by atoms with Gasteiger partial charge in [-0.15, -0.1) is 11.3 Å². The molecule has 2 amide bonds. The Balaban J connectivity index is 1.57. The number of fused-ring (bicyclic) bond motifs is 1. The molecule has 0 aliphatic rings. The van der Waals surface area contributed by atoms with Gasteiger partial charge in [-0.3, -0.25) is 4.79 Å². The van der Waals surface area contributed by atoms with Crippen molar-refractivity contribution in [3.63, 3.8) is 0 Å². The third-order valence-electron chi connectivity index (χ3n) is 4.28. The zero-order valence-corrected chi connectivity index (χ0v) is 19.7. The lowest BCUT2D eigenvalue weighted by molar-refractivity contribution is 0.256. The van der Waals surface area contributed by atoms with E-state index in [0.717, 1.165) is 15.9 Å². The van der Waals surface area contributed by atoms with E-state index in [1.807, 2.05) is 4.72 Å². The molecule has 0 unspecified atom stereocenters. The minimum absolute atomic E-state index is 0.102. The van der Waals surface area contributed by atoms with Crippen LogP contribution in [0.25, 0.3) is 16.6 Å². The number of benzene rings is 2. The summed E-state index contributed by atoms with van der Waals surface area (Å²) in [5.41, 5.74) is -0.209. The van der Waals surface area contributed by atoms with Gasteiger partial charge in [0.2, 0.25) is 0 Å². The minimum Gasteiger partial charge on any atom is -0.307 e. The monoisotopic (exact) mass is 554 g/mol. The van der Waals surface area contributed by atoms with Crippen molar-refractivity contribution in [2.45, 2.75) is 4.21 Å². The van der Waals surface area contributed by atoms with Gasteiger partial charge in [0.1, 0.15) is 4.21 Å². The molecule has 3 N–H and O–H groups in total. The Bertz CT molecular complexity index is 1580. The van der Waals surface area contributed by atoms with Crippen LogP contribution in [0.5, 0.6) is 0 Å². The Morgan fingerprint density at radius 1 is 1.06 bits per heavy atom. The SMILES string of the molecule is O=C(Nc1ccc(-n2c(=O)[nH]c3ccc(Br)cc3c2=O)cc1)NS(=O)(=O)c1ccc(Cl)s1. The van der Waals surface area contributed by atoms with Crippen LogP contribution in [0.15, 0.2) is 72.9 Å². The second-order valence-corrected chi connectivity index (χ2v) is 11.0. The van der Waals surface area contributed by atoms with Crippen molar-refractivity contribution in [1.29, 1.82) is 0 Å². The van der Waals surface area contributed by atoms with Crippen LogP contribution in [-0.4, -0.2) is 24.0 Å². The summed E-state index contributed by atoms with van der Waals surface area (Å²) in [4.78, 5) is 40.0. The van der Waals surface area contributed by atoms with Crippen LogP contribution in [0.3, 0.4) is 0 Å². The number of carbonyl (C=O) groups excluding carboxylic acids is 1. The highest BCUT2D eigenvalue weighted by atomic mass is 79.9. The highest BCUT2D eigenvalue weighted by molar-refractivity contribution is 9.10. The van der Waals surface area contributed by atoms with Gasteiger partial charge in [0.05, 0.1) is 20.9 Å². The Kier molecular flexibility index (Phi) is 5.95. The van der Waals surface area contributed by atoms with Crippen molar-refractivity contribution >= 4 is 71.5 Å². The number of H-pyrrole nitrogens is 1. The van der Waals surface area contributed by atoms with Gasteiger partial charge in [0, 0.05) is 10.2 Å². The molecular weight excluding hydrogens is 544 g/mol. The molecule has 2 heterocycles. The molecule has 4 aromatic rings. The number of sulfonamides is 1. The lowest BCUT2D eigenvalue weighted by atomic mass is 10.2. The number of hydrogen-bond donors (Lipinski definition) is 3. The van der Waals surface area contributed by atoms with Gasteiger partial charge in [-0.05, 0) is 54.6 Å². The Labute approximate surface area is 197 Å². The van der Waals surface area contributed by atoms with Crippen LogP contribution in [0.1, 0.15) is 0 Å². The van der Waals surface area contributed by atoms with Gasteiger partial charge >= 0.3 is 11.7 Å². The fourth-order valence-corrected chi connectivity index (χ4v) is 5.64. The highest BCUT2D eigenvalue weighted by Crippen LogP contribution is 2.25. The third-order valence-corrected chi connectivity index (χ3v) is 7.83. The topological polar surface area (TPSA) is 130 Å². The van der Waals surface area contributed by atoms with Gasteiger partial charge in [-0.2, -0.15) is 0 Å². The fourth-order valence-electron chi connectivity index (χ4n) is 2.89. The molecule has 2 aromatic carbocycles. The Morgan fingerprint density at radius 3 is 2.44 bits per heavy atom. The van der Waals surface area contributed by atoms with E-state index >= 15 is 0 Å². The van der Waals surface area contributed by atoms with Crippen molar-refractivity contribution in [3.05, 3.63) is 84.2 Å². The highest BCUT2D eigenvalue weighted by Gasteiger charge is 2.20. The molecule has 0 spiro atoms. The molecule has 2 aromatic heterocycles. The Morgan fingerprint density at radius 2 is 1.78 bits per heavy atom. The number of urea groups is 1. The summed E-state index contributed by atoms with van der Waals surface area (Å²) in [5, 5.41) is 2.70. The van der Waals surface area contributed by atoms with E-state index in [1.165, 1.54) is 36.4 Å². The van der Waals surface area contributed by atoms with E-state index in [4.69, 9.17) is 11.6 Å². The number of amides is 2. The van der Waals surface area contributed by atoms with E-state index in [1.54, 1.807) is 18.2 Å². The maximum atomic E-state index is 12.8. The normalized spacial score (nSPS) is 11.4. The zero-order valence-electron chi connectivity index (χ0n) is 15.8. The molecular formula is C19H12BrClN4O5S2. The van der Waals surface area contributed by atoms with Crippen LogP contribution >= 0.6 is 38.9 Å². The molecule has 0 saturated heterocycles. The lowest BCUT2D eigenvalue weighted by Gasteiger charge is -2.10. The van der Waals surface area contributed by atoms with Gasteiger partial charge in [-0.1, -0.05) is 27.5 Å². The first kappa shape index (κ1) is 22.3. The molecule has 0 atom stereocenters. The first-order valence-corrected chi connectivity index (χ1v) is 12.3. The number of anilines is 1. The standard InChI is InChI=1S/C19H12BrClN4O5S2/c20-10-1-6-14-13(9-10)17(26)25(19(28)23-14)12-4-2-11(3-5-12)22-18(27)24-32(29,30)16-8-7-15(21)31-16/h1-9H,(H,23,28)(H2,22,24,27). The van der Waals surface area contributed by atoms with Crippen molar-refractivity contribution in [1.82, 2.24) is 14.3 Å². The van der Waals surface area contributed by atoms with Crippen molar-refractivity contribution < 1.29 is 13.2 Å². The number of thiophene rings is 1. The number of nitrogens with zero attached hydrogens (tertiary/aromatic N) is 1. The van der Waals surface area contributed by atoms with Gasteiger partial charge < -0.3 is 10.3 Å². The number of aromatic nitrogens is 2. The summed E-state index contributed by atoms with van der Waals surface area (Å²) in [6.07, 6.45) is 0. The van der Waals surface area contributed by atoms with Crippen LogP contribution in [0.2, 0.25) is 4.34 Å². The lowest BCUT2D eigenvalue weighted by Crippen LogP contribution is -2.34. The number of nitrogens with one attached hydrogen (secondary N) is 3. The maximum Gasteiger partial charge on any atom is 0.333 e. The van der Waals surface area contributed by atoms with Crippen molar-refractivity contribution in [2.75, 3.05) is 5.32 Å². The van der Waals surface area contributed by atoms with Gasteiger partial charge in [0.15, 0.2) is 0 Å². The summed E-state index contributed by atoms with van der Waals surface area (Å²) < 4.78 is 28.1. The molecule has 0 radical (unpaired) electrons. The van der Waals surface area contributed by atoms with E-state index < -0.39 is 27.3 Å². The molecule has 9 nitrogen and oxygen atoms in total. The van der Waals surface area contributed by atoms with Crippen LogP contribution in [0.4, 0.5) is 10.5 Å². The predicted molar refractivity (Wildman–Crippen MR) is 127 cm³/mol. The molecule has 0 bridgehead atoms. The first-order chi connectivity index (χ1) is 15.1. The largest absolute Gasteiger partial charge is 0.333 e. The van der Waals surface area contributed by atoms with Gasteiger partial charge in [0.25, 0.3) is 15.6 Å². The number of aromatic amines is 1. The summed E-state index contributed by atoms with van der Waals surface area (Å²) in [5.74, 6) is 0. The summed E-state index contributed by atoms with van der Waals surface area (Å²) in [7, 11) is -4.07. The molecule has 164 valence electrons. The Hall–Kier alpha value is -2.93. The van der Waals surface area contributed by atoms with E-state index in [0.29, 0.717) is 15.4 Å². The number of rotatable bonds is 4. The predicted octanol–water partition coefficient (Wildman–Crippen LogP) is 3.67. The molecule has 0 aliphatic carbocycles. The molecule has 4 rings (SSSR count). The van der Waals surface area contributed by atoms with Crippen LogP contribution in [0, 0.1) is 0 Å². The maximum absolute atomic E-state index is 12.8. The van der Waals surface area contributed by atoms with Crippen molar-refractivity contribution in [2.24, 2.45) is 0 Å². The van der Waals surface area contributed by atoms with E-state index in [2.05, 4.69) is 26.2 Å². The average molecular weight is 556 g/mol. The minimum atomic E-state index is -4.07. The number of hydrogen-bond acceptors (Lipinski definition) is 6. The number of halogens is 2. The van der Waals surface area contributed by atoms with Crippen molar-refractivity contribution in [3.8, 4) is 5.69 Å². The molecule has 32 heavy (non-hydrogen) atoms. The molecule has 0 saturated carbocycles. The average Bonchev–Trinajstić information content (AvgIpc) is 3.17. The smallest absolute Gasteiger partial charge is 0.307 e. The second-order valence-electron chi connectivity index (χ2n) is 6.43. The molecule has 13 heteroatoms. The summed E-state index contributed by atoms with van der Waals surface area (Å²) >= 11 is 9.85. The molecule has 0 aliphatic heterocycles. The fraction of sp³-hybridized carbons (Fsp3) is 0. The van der Waals surface area contributed by atoms with E-state index in [-0.39, 0.29) is 19.9 Å². The quantitative estimate of drug-likeness (QED) is 0.354. The van der Waals surface area contributed by atoms with E-state index in [9.17, 15) is 22.8 Å². The second kappa shape index (κ2) is 8.54.